The maximum Gasteiger partial charge on any atom is 0.454 e. The highest BCUT2D eigenvalue weighted by molar-refractivity contribution is 7.99. The van der Waals surface area contributed by atoms with Gasteiger partial charge in [0.15, 0.2) is 0 Å². The maximum absolute atomic E-state index is 12.9. The van der Waals surface area contributed by atoms with Crippen molar-refractivity contribution in [2.45, 2.75) is 31.5 Å². The molecule has 0 aliphatic heterocycles. The van der Waals surface area contributed by atoms with Gasteiger partial charge in [0, 0.05) is 31.1 Å². The molecule has 0 aliphatic carbocycles. The molecule has 1 atom stereocenters. The first-order valence-corrected chi connectivity index (χ1v) is 9.52. The van der Waals surface area contributed by atoms with Gasteiger partial charge in [-0.3, -0.25) is 20.2 Å². The largest absolute Gasteiger partial charge is 0.454 e. The molecule has 12 heteroatoms. The molecule has 1 amide bonds. The third kappa shape index (κ3) is 7.34. The maximum atomic E-state index is 12.9. The number of hydrogen-bond acceptors (Lipinski definition) is 5. The number of pyridine rings is 1. The van der Waals surface area contributed by atoms with Gasteiger partial charge in [-0.05, 0) is 19.1 Å². The summed E-state index contributed by atoms with van der Waals surface area (Å²) in [4.78, 5) is 21.5. The molecule has 1 N–H and O–H groups in total. The van der Waals surface area contributed by atoms with E-state index in [0.717, 1.165) is 0 Å². The standard InChI is InChI=1S/C16H18ClF5N4OS/c1-2-26(12(14(17)23)9-25-11-4-3-6-24-8-11)13(27)5-7-28-10-15(18,19)16(20,21)22/h3-4,6,8-9,12,23H,2,5,7,10H2,1H3. The van der Waals surface area contributed by atoms with Crippen LogP contribution in [0.2, 0.25) is 0 Å². The quantitative estimate of drug-likeness (QED) is 0.327. The zero-order chi connectivity index (χ0) is 21.4. The van der Waals surface area contributed by atoms with Crippen molar-refractivity contribution in [2.75, 3.05) is 18.1 Å². The average molecular weight is 445 g/mol. The molecule has 1 unspecified atom stereocenters. The van der Waals surface area contributed by atoms with E-state index < -0.39 is 29.8 Å². The lowest BCUT2D eigenvalue weighted by molar-refractivity contribution is -0.271. The van der Waals surface area contributed by atoms with Crippen molar-refractivity contribution in [1.82, 2.24) is 9.88 Å². The van der Waals surface area contributed by atoms with Gasteiger partial charge >= 0.3 is 12.1 Å². The van der Waals surface area contributed by atoms with E-state index in [2.05, 4.69) is 9.98 Å². The normalized spacial score (nSPS) is 13.5. The van der Waals surface area contributed by atoms with Gasteiger partial charge in [-0.15, -0.1) is 0 Å². The third-order valence-electron chi connectivity index (χ3n) is 3.43. The molecule has 0 bridgehead atoms. The first-order chi connectivity index (χ1) is 13.0. The second-order valence-corrected chi connectivity index (χ2v) is 6.98. The number of rotatable bonds is 10. The highest BCUT2D eigenvalue weighted by Crippen LogP contribution is 2.37. The Labute approximate surface area is 167 Å². The molecule has 0 fully saturated rings. The second kappa shape index (κ2) is 10.7. The van der Waals surface area contributed by atoms with Crippen LogP contribution in [0.25, 0.3) is 0 Å². The molecular formula is C16H18ClF5N4OS. The second-order valence-electron chi connectivity index (χ2n) is 5.47. The Kier molecular flexibility index (Phi) is 9.28. The third-order valence-corrected chi connectivity index (χ3v) is 4.71. The van der Waals surface area contributed by atoms with E-state index in [0.29, 0.717) is 17.4 Å². The van der Waals surface area contributed by atoms with Gasteiger partial charge in [0.1, 0.15) is 11.2 Å². The van der Waals surface area contributed by atoms with Crippen molar-refractivity contribution in [3.05, 3.63) is 24.5 Å². The summed E-state index contributed by atoms with van der Waals surface area (Å²) >= 11 is 6.08. The Morgan fingerprint density at radius 1 is 1.43 bits per heavy atom. The zero-order valence-electron chi connectivity index (χ0n) is 14.7. The highest BCUT2D eigenvalue weighted by Gasteiger charge is 2.56. The molecule has 0 aromatic carbocycles. The van der Waals surface area contributed by atoms with E-state index in [-0.39, 0.29) is 23.9 Å². The van der Waals surface area contributed by atoms with Gasteiger partial charge in [-0.25, -0.2) is 0 Å². The molecular weight excluding hydrogens is 427 g/mol. The number of amides is 1. The van der Waals surface area contributed by atoms with Crippen LogP contribution in [0.5, 0.6) is 0 Å². The molecule has 0 saturated carbocycles. The average Bonchev–Trinajstić information content (AvgIpc) is 2.61. The molecule has 156 valence electrons. The number of nitrogens with one attached hydrogen (secondary N) is 1. The number of halogens is 6. The van der Waals surface area contributed by atoms with Crippen molar-refractivity contribution in [1.29, 1.82) is 5.41 Å². The van der Waals surface area contributed by atoms with E-state index in [1.165, 1.54) is 17.3 Å². The number of carbonyl (C=O) groups excluding carboxylic acids is 1. The van der Waals surface area contributed by atoms with Crippen molar-refractivity contribution in [3.63, 3.8) is 0 Å². The smallest absolute Gasteiger partial charge is 0.328 e. The van der Waals surface area contributed by atoms with Crippen LogP contribution < -0.4 is 0 Å². The van der Waals surface area contributed by atoms with Gasteiger partial charge in [-0.1, -0.05) is 11.6 Å². The number of carbonyl (C=O) groups is 1. The van der Waals surface area contributed by atoms with E-state index >= 15 is 0 Å². The number of alkyl halides is 5. The molecule has 1 heterocycles. The van der Waals surface area contributed by atoms with Crippen molar-refractivity contribution in [2.24, 2.45) is 4.99 Å². The summed E-state index contributed by atoms with van der Waals surface area (Å²) in [6.07, 6.45) is -1.63. The Bertz CT molecular complexity index is 687. The van der Waals surface area contributed by atoms with Crippen LogP contribution in [0.4, 0.5) is 27.6 Å². The number of nitrogens with zero attached hydrogens (tertiary/aromatic N) is 3. The van der Waals surface area contributed by atoms with E-state index in [4.69, 9.17) is 17.0 Å². The Morgan fingerprint density at radius 2 is 2.11 bits per heavy atom. The van der Waals surface area contributed by atoms with Crippen LogP contribution >= 0.6 is 23.4 Å². The summed E-state index contributed by atoms with van der Waals surface area (Å²) in [6.45, 7) is 1.76. The Morgan fingerprint density at radius 3 is 2.61 bits per heavy atom. The summed E-state index contributed by atoms with van der Waals surface area (Å²) < 4.78 is 62.1. The fourth-order valence-corrected chi connectivity index (χ4v) is 3.04. The first kappa shape index (κ1) is 24.3. The van der Waals surface area contributed by atoms with Crippen LogP contribution in [-0.4, -0.2) is 63.4 Å². The Hall–Kier alpha value is -1.75. The van der Waals surface area contributed by atoms with Crippen molar-refractivity contribution in [3.8, 4) is 0 Å². The van der Waals surface area contributed by atoms with E-state index in [1.54, 1.807) is 25.3 Å². The lowest BCUT2D eigenvalue weighted by Crippen LogP contribution is -2.44. The Balaban J connectivity index is 2.68. The lowest BCUT2D eigenvalue weighted by atomic mass is 10.2. The molecule has 1 rings (SSSR count). The van der Waals surface area contributed by atoms with Gasteiger partial charge in [0.25, 0.3) is 0 Å². The van der Waals surface area contributed by atoms with Gasteiger partial charge in [0.05, 0.1) is 17.6 Å². The van der Waals surface area contributed by atoms with E-state index in [9.17, 15) is 26.7 Å². The number of hydrogen-bond donors (Lipinski definition) is 1. The molecule has 1 aromatic rings. The SMILES string of the molecule is CCN(C(=O)CCSCC(F)(F)C(F)(F)F)C(C=Nc1cccnc1)C(=N)Cl. The van der Waals surface area contributed by atoms with Crippen LogP contribution in [0.15, 0.2) is 29.5 Å². The van der Waals surface area contributed by atoms with Crippen LogP contribution in [0.1, 0.15) is 13.3 Å². The van der Waals surface area contributed by atoms with Gasteiger partial charge in [-0.2, -0.15) is 33.7 Å². The van der Waals surface area contributed by atoms with Gasteiger partial charge < -0.3 is 4.90 Å². The van der Waals surface area contributed by atoms with E-state index in [1.807, 2.05) is 0 Å². The first-order valence-electron chi connectivity index (χ1n) is 7.99. The predicted molar refractivity (Wildman–Crippen MR) is 100 cm³/mol. The topological polar surface area (TPSA) is 69.4 Å². The van der Waals surface area contributed by atoms with Crippen molar-refractivity contribution < 1.29 is 26.7 Å². The highest BCUT2D eigenvalue weighted by atomic mass is 35.5. The monoisotopic (exact) mass is 444 g/mol. The molecule has 5 nitrogen and oxygen atoms in total. The molecule has 0 spiro atoms. The molecule has 28 heavy (non-hydrogen) atoms. The molecule has 0 radical (unpaired) electrons. The minimum atomic E-state index is -5.62. The van der Waals surface area contributed by atoms with Crippen LogP contribution in [-0.2, 0) is 4.79 Å². The number of aromatic nitrogens is 1. The van der Waals surface area contributed by atoms with Crippen LogP contribution in [0, 0.1) is 5.41 Å². The molecule has 0 saturated heterocycles. The minimum Gasteiger partial charge on any atom is -0.328 e. The minimum absolute atomic E-state index is 0.140. The summed E-state index contributed by atoms with van der Waals surface area (Å²) in [6, 6.07) is 2.30. The molecule has 0 aliphatic rings. The fraction of sp³-hybridized carbons (Fsp3) is 0.500. The summed E-state index contributed by atoms with van der Waals surface area (Å²) in [7, 11) is 0. The van der Waals surface area contributed by atoms with Crippen LogP contribution in [0.3, 0.4) is 0 Å². The molecule has 1 aromatic heterocycles. The summed E-state index contributed by atoms with van der Waals surface area (Å²) in [5.74, 6) is -7.06. The lowest BCUT2D eigenvalue weighted by Gasteiger charge is -2.27. The number of aliphatic imine (C=N–C) groups is 1. The van der Waals surface area contributed by atoms with Gasteiger partial charge in [0.2, 0.25) is 5.91 Å². The fourth-order valence-electron chi connectivity index (χ4n) is 1.98. The summed E-state index contributed by atoms with van der Waals surface area (Å²) in [5.41, 5.74) is 0.471. The number of thioether (sulfide) groups is 1. The summed E-state index contributed by atoms with van der Waals surface area (Å²) in [5, 5.41) is 7.25. The van der Waals surface area contributed by atoms with Crippen molar-refractivity contribution >= 4 is 46.3 Å². The predicted octanol–water partition coefficient (Wildman–Crippen LogP) is 4.54. The zero-order valence-corrected chi connectivity index (χ0v) is 16.3.